The van der Waals surface area contributed by atoms with Crippen LogP contribution in [-0.4, -0.2) is 25.7 Å². The van der Waals surface area contributed by atoms with E-state index in [9.17, 15) is 9.59 Å². The summed E-state index contributed by atoms with van der Waals surface area (Å²) in [5.74, 6) is 0.415. The van der Waals surface area contributed by atoms with Crippen molar-refractivity contribution in [2.75, 3.05) is 13.7 Å². The number of rotatable bonds is 5. The first kappa shape index (κ1) is 16.6. The summed E-state index contributed by atoms with van der Waals surface area (Å²) in [6, 6.07) is 6.74. The average molecular weight is 318 g/mol. The minimum absolute atomic E-state index is 0.268. The van der Waals surface area contributed by atoms with Crippen molar-refractivity contribution in [1.82, 2.24) is 0 Å². The molecule has 122 valence electrons. The van der Waals surface area contributed by atoms with E-state index in [1.165, 1.54) is 27.0 Å². The van der Waals surface area contributed by atoms with Gasteiger partial charge in [0.2, 0.25) is 0 Å². The van der Waals surface area contributed by atoms with Crippen LogP contribution in [0.25, 0.3) is 10.8 Å². The third kappa shape index (κ3) is 3.53. The molecular formula is C17H18O6. The molecule has 0 saturated carbocycles. The first-order valence-electron chi connectivity index (χ1n) is 7.11. The Kier molecular flexibility index (Phi) is 5.05. The van der Waals surface area contributed by atoms with Gasteiger partial charge in [0, 0.05) is 25.3 Å². The van der Waals surface area contributed by atoms with Gasteiger partial charge < -0.3 is 18.9 Å². The van der Waals surface area contributed by atoms with E-state index in [1.54, 1.807) is 25.1 Å². The van der Waals surface area contributed by atoms with Crippen LogP contribution in [0, 0.1) is 0 Å². The van der Waals surface area contributed by atoms with E-state index in [0.717, 1.165) is 0 Å². The van der Waals surface area contributed by atoms with E-state index in [2.05, 4.69) is 0 Å². The quantitative estimate of drug-likeness (QED) is 0.623. The number of benzene rings is 2. The number of esters is 2. The van der Waals surface area contributed by atoms with Gasteiger partial charge in [-0.15, -0.1) is 0 Å². The molecule has 2 aromatic rings. The smallest absolute Gasteiger partial charge is 0.308 e. The van der Waals surface area contributed by atoms with Crippen molar-refractivity contribution in [3.63, 3.8) is 0 Å². The molecule has 0 atom stereocenters. The van der Waals surface area contributed by atoms with Crippen molar-refractivity contribution in [1.29, 1.82) is 0 Å². The minimum atomic E-state index is -0.477. The van der Waals surface area contributed by atoms with Gasteiger partial charge in [0.05, 0.1) is 19.1 Å². The Balaban J connectivity index is 2.83. The summed E-state index contributed by atoms with van der Waals surface area (Å²) in [5, 5.41) is 1.09. The molecule has 0 saturated heterocycles. The number of ether oxygens (including phenoxy) is 4. The fourth-order valence-corrected chi connectivity index (χ4v) is 2.28. The van der Waals surface area contributed by atoms with Gasteiger partial charge in [0.15, 0.2) is 11.5 Å². The van der Waals surface area contributed by atoms with Gasteiger partial charge in [-0.3, -0.25) is 9.59 Å². The Labute approximate surface area is 133 Å². The summed E-state index contributed by atoms with van der Waals surface area (Å²) >= 11 is 0. The molecule has 0 spiro atoms. The van der Waals surface area contributed by atoms with Gasteiger partial charge in [0.25, 0.3) is 0 Å². The third-order valence-corrected chi connectivity index (χ3v) is 3.02. The molecule has 0 aliphatic heterocycles. The van der Waals surface area contributed by atoms with Crippen LogP contribution >= 0.6 is 0 Å². The molecule has 0 unspecified atom stereocenters. The molecule has 6 nitrogen and oxygen atoms in total. The predicted octanol–water partition coefficient (Wildman–Crippen LogP) is 3.10. The van der Waals surface area contributed by atoms with Gasteiger partial charge in [-0.05, 0) is 13.0 Å². The highest BCUT2D eigenvalue weighted by Gasteiger charge is 2.20. The van der Waals surface area contributed by atoms with E-state index in [1.807, 2.05) is 0 Å². The maximum absolute atomic E-state index is 11.4. The van der Waals surface area contributed by atoms with Crippen LogP contribution in [0.5, 0.6) is 23.0 Å². The molecule has 0 aromatic heterocycles. The van der Waals surface area contributed by atoms with E-state index in [-0.39, 0.29) is 11.5 Å². The van der Waals surface area contributed by atoms with Crippen LogP contribution in [0.2, 0.25) is 0 Å². The van der Waals surface area contributed by atoms with Crippen LogP contribution in [0.1, 0.15) is 20.8 Å². The zero-order chi connectivity index (χ0) is 17.0. The molecule has 0 N–H and O–H groups in total. The zero-order valence-electron chi connectivity index (χ0n) is 13.5. The van der Waals surface area contributed by atoms with Crippen LogP contribution in [-0.2, 0) is 9.59 Å². The second kappa shape index (κ2) is 7.00. The van der Waals surface area contributed by atoms with Crippen LogP contribution in [0.15, 0.2) is 24.3 Å². The summed E-state index contributed by atoms with van der Waals surface area (Å²) < 4.78 is 21.5. The lowest BCUT2D eigenvalue weighted by Gasteiger charge is -2.17. The van der Waals surface area contributed by atoms with E-state index in [4.69, 9.17) is 18.9 Å². The largest absolute Gasteiger partial charge is 0.496 e. The number of fused-ring (bicyclic) bond motifs is 1. The first-order chi connectivity index (χ1) is 11.0. The summed E-state index contributed by atoms with van der Waals surface area (Å²) in [6.45, 7) is 4.78. The highest BCUT2D eigenvalue weighted by molar-refractivity contribution is 6.01. The zero-order valence-corrected chi connectivity index (χ0v) is 13.5. The minimum Gasteiger partial charge on any atom is -0.496 e. The normalized spacial score (nSPS) is 10.3. The average Bonchev–Trinajstić information content (AvgIpc) is 2.49. The SMILES string of the molecule is CCOc1cc(OC(C)=O)c2c(OC)cccc2c1OC(C)=O. The molecule has 2 rings (SSSR count). The number of methoxy groups -OCH3 is 1. The maximum Gasteiger partial charge on any atom is 0.308 e. The van der Waals surface area contributed by atoms with Crippen LogP contribution < -0.4 is 18.9 Å². The molecule has 0 heterocycles. The molecule has 0 aliphatic carbocycles. The van der Waals surface area contributed by atoms with Gasteiger partial charge >= 0.3 is 11.9 Å². The second-order valence-corrected chi connectivity index (χ2v) is 4.71. The van der Waals surface area contributed by atoms with Crippen LogP contribution in [0.3, 0.4) is 0 Å². The Bertz CT molecular complexity index is 750. The fraction of sp³-hybridized carbons (Fsp3) is 0.294. The number of carbonyl (C=O) groups excluding carboxylic acids is 2. The van der Waals surface area contributed by atoms with Crippen molar-refractivity contribution in [2.45, 2.75) is 20.8 Å². The van der Waals surface area contributed by atoms with Crippen LogP contribution in [0.4, 0.5) is 0 Å². The second-order valence-electron chi connectivity index (χ2n) is 4.71. The Morgan fingerprint density at radius 1 is 1.00 bits per heavy atom. The molecule has 0 fully saturated rings. The number of hydrogen-bond acceptors (Lipinski definition) is 6. The number of hydrogen-bond donors (Lipinski definition) is 0. The molecule has 0 bridgehead atoms. The lowest BCUT2D eigenvalue weighted by atomic mass is 10.1. The molecule has 23 heavy (non-hydrogen) atoms. The highest BCUT2D eigenvalue weighted by Crippen LogP contribution is 2.45. The lowest BCUT2D eigenvalue weighted by molar-refractivity contribution is -0.133. The summed E-state index contributed by atoms with van der Waals surface area (Å²) in [4.78, 5) is 22.8. The summed E-state index contributed by atoms with van der Waals surface area (Å²) in [6.07, 6.45) is 0. The molecule has 0 radical (unpaired) electrons. The summed E-state index contributed by atoms with van der Waals surface area (Å²) in [7, 11) is 1.51. The molecule has 2 aromatic carbocycles. The van der Waals surface area contributed by atoms with E-state index in [0.29, 0.717) is 28.9 Å². The molecule has 0 amide bonds. The van der Waals surface area contributed by atoms with Crippen molar-refractivity contribution < 1.29 is 28.5 Å². The van der Waals surface area contributed by atoms with E-state index < -0.39 is 11.9 Å². The fourth-order valence-electron chi connectivity index (χ4n) is 2.28. The Morgan fingerprint density at radius 3 is 2.26 bits per heavy atom. The Morgan fingerprint density at radius 2 is 1.70 bits per heavy atom. The topological polar surface area (TPSA) is 71.1 Å². The standard InChI is InChI=1S/C17H18O6/c1-5-21-15-9-14(22-10(2)18)16-12(17(15)23-11(3)19)7-6-8-13(16)20-4/h6-9H,5H2,1-4H3. The molecular weight excluding hydrogens is 300 g/mol. The Hall–Kier alpha value is -2.76. The number of carbonyl (C=O) groups is 2. The van der Waals surface area contributed by atoms with Gasteiger partial charge in [0.1, 0.15) is 11.5 Å². The van der Waals surface area contributed by atoms with Gasteiger partial charge in [-0.2, -0.15) is 0 Å². The molecule has 6 heteroatoms. The van der Waals surface area contributed by atoms with Gasteiger partial charge in [-0.25, -0.2) is 0 Å². The van der Waals surface area contributed by atoms with Crippen molar-refractivity contribution in [3.05, 3.63) is 24.3 Å². The van der Waals surface area contributed by atoms with Crippen molar-refractivity contribution in [2.24, 2.45) is 0 Å². The predicted molar refractivity (Wildman–Crippen MR) is 84.3 cm³/mol. The third-order valence-electron chi connectivity index (χ3n) is 3.02. The van der Waals surface area contributed by atoms with Crippen molar-refractivity contribution in [3.8, 4) is 23.0 Å². The monoisotopic (exact) mass is 318 g/mol. The lowest BCUT2D eigenvalue weighted by Crippen LogP contribution is -2.07. The first-order valence-corrected chi connectivity index (χ1v) is 7.11. The molecule has 0 aliphatic rings. The summed E-state index contributed by atoms with van der Waals surface area (Å²) in [5.41, 5.74) is 0. The maximum atomic E-state index is 11.4. The van der Waals surface area contributed by atoms with Crippen molar-refractivity contribution >= 4 is 22.7 Å². The van der Waals surface area contributed by atoms with Gasteiger partial charge in [-0.1, -0.05) is 12.1 Å². The van der Waals surface area contributed by atoms with E-state index >= 15 is 0 Å². The highest BCUT2D eigenvalue weighted by atomic mass is 16.6.